The summed E-state index contributed by atoms with van der Waals surface area (Å²) in [7, 11) is 0. The molecule has 1 aromatic rings. The van der Waals surface area contributed by atoms with E-state index in [0.717, 1.165) is 30.4 Å². The van der Waals surface area contributed by atoms with E-state index < -0.39 is 0 Å². The van der Waals surface area contributed by atoms with Gasteiger partial charge in [0.15, 0.2) is 0 Å². The van der Waals surface area contributed by atoms with E-state index in [9.17, 15) is 0 Å². The maximum absolute atomic E-state index is 5.94. The Morgan fingerprint density at radius 1 is 1.29 bits per heavy atom. The summed E-state index contributed by atoms with van der Waals surface area (Å²) in [6.07, 6.45) is 7.65. The van der Waals surface area contributed by atoms with Gasteiger partial charge in [-0.05, 0) is 43.9 Å². The SMILES string of the molecule is CCCNC(c1ccc(CC)o1)C1CCCC1. The first-order valence-corrected chi connectivity index (χ1v) is 7.17. The minimum Gasteiger partial charge on any atom is -0.464 e. The van der Waals surface area contributed by atoms with Crippen molar-refractivity contribution in [2.45, 2.75) is 58.4 Å². The number of furan rings is 1. The second kappa shape index (κ2) is 6.25. The van der Waals surface area contributed by atoms with E-state index in [4.69, 9.17) is 4.42 Å². The fourth-order valence-electron chi connectivity index (χ4n) is 2.84. The van der Waals surface area contributed by atoms with Crippen LogP contribution in [0, 0.1) is 5.92 Å². The quantitative estimate of drug-likeness (QED) is 0.804. The standard InChI is InChI=1S/C15H25NO/c1-3-11-16-15(12-7-5-6-8-12)14-10-9-13(4-2)17-14/h9-10,12,15-16H,3-8,11H2,1-2H3. The fraction of sp³-hybridized carbons (Fsp3) is 0.733. The third kappa shape index (κ3) is 3.12. The molecule has 1 heterocycles. The summed E-state index contributed by atoms with van der Waals surface area (Å²) in [5, 5.41) is 3.67. The van der Waals surface area contributed by atoms with Crippen LogP contribution in [0.3, 0.4) is 0 Å². The lowest BCUT2D eigenvalue weighted by atomic mass is 9.96. The number of hydrogen-bond acceptors (Lipinski definition) is 2. The zero-order valence-corrected chi connectivity index (χ0v) is 11.2. The summed E-state index contributed by atoms with van der Waals surface area (Å²) in [6, 6.07) is 4.74. The normalized spacial score (nSPS) is 18.7. The third-order valence-corrected chi connectivity index (χ3v) is 3.82. The van der Waals surface area contributed by atoms with Gasteiger partial charge in [0.1, 0.15) is 11.5 Å². The molecule has 1 aromatic heterocycles. The van der Waals surface area contributed by atoms with Crippen LogP contribution in [0.25, 0.3) is 0 Å². The molecule has 1 aliphatic rings. The van der Waals surface area contributed by atoms with Crippen molar-refractivity contribution in [3.8, 4) is 0 Å². The van der Waals surface area contributed by atoms with Gasteiger partial charge >= 0.3 is 0 Å². The second-order valence-electron chi connectivity index (χ2n) is 5.13. The van der Waals surface area contributed by atoms with Crippen molar-refractivity contribution in [3.05, 3.63) is 23.7 Å². The van der Waals surface area contributed by atoms with Crippen molar-refractivity contribution in [2.75, 3.05) is 6.54 Å². The summed E-state index contributed by atoms with van der Waals surface area (Å²) in [5.74, 6) is 3.04. The molecule has 2 heteroatoms. The molecule has 0 aromatic carbocycles. The Bertz CT molecular complexity index is 325. The number of rotatable bonds is 6. The van der Waals surface area contributed by atoms with Gasteiger partial charge in [0.2, 0.25) is 0 Å². The number of nitrogens with one attached hydrogen (secondary N) is 1. The third-order valence-electron chi connectivity index (χ3n) is 3.82. The van der Waals surface area contributed by atoms with Crippen LogP contribution in [0.5, 0.6) is 0 Å². The van der Waals surface area contributed by atoms with E-state index in [1.54, 1.807) is 0 Å². The molecule has 96 valence electrons. The van der Waals surface area contributed by atoms with Gasteiger partial charge in [-0.1, -0.05) is 26.7 Å². The van der Waals surface area contributed by atoms with Crippen LogP contribution in [0.2, 0.25) is 0 Å². The van der Waals surface area contributed by atoms with Crippen molar-refractivity contribution >= 4 is 0 Å². The topological polar surface area (TPSA) is 25.2 Å². The molecule has 1 N–H and O–H groups in total. The Morgan fingerprint density at radius 3 is 2.65 bits per heavy atom. The molecule has 0 aliphatic heterocycles. The van der Waals surface area contributed by atoms with E-state index in [-0.39, 0.29) is 0 Å². The lowest BCUT2D eigenvalue weighted by molar-refractivity contribution is 0.306. The van der Waals surface area contributed by atoms with Crippen LogP contribution in [0.1, 0.15) is 63.5 Å². The molecule has 1 atom stereocenters. The Kier molecular flexibility index (Phi) is 4.66. The summed E-state index contributed by atoms with van der Waals surface area (Å²) in [5.41, 5.74) is 0. The molecule has 0 bridgehead atoms. The van der Waals surface area contributed by atoms with Gasteiger partial charge in [0.05, 0.1) is 6.04 Å². The van der Waals surface area contributed by atoms with Gasteiger partial charge in [-0.2, -0.15) is 0 Å². The van der Waals surface area contributed by atoms with Crippen LogP contribution in [-0.4, -0.2) is 6.54 Å². The lowest BCUT2D eigenvalue weighted by Crippen LogP contribution is -2.27. The van der Waals surface area contributed by atoms with Crippen LogP contribution in [0.4, 0.5) is 0 Å². The monoisotopic (exact) mass is 235 g/mol. The predicted molar refractivity (Wildman–Crippen MR) is 71.1 cm³/mol. The van der Waals surface area contributed by atoms with Crippen LogP contribution in [-0.2, 0) is 6.42 Å². The van der Waals surface area contributed by atoms with Crippen molar-refractivity contribution < 1.29 is 4.42 Å². The highest BCUT2D eigenvalue weighted by molar-refractivity contribution is 5.12. The molecule has 0 spiro atoms. The highest BCUT2D eigenvalue weighted by atomic mass is 16.3. The van der Waals surface area contributed by atoms with E-state index in [2.05, 4.69) is 31.3 Å². The van der Waals surface area contributed by atoms with Crippen LogP contribution in [0.15, 0.2) is 16.5 Å². The zero-order chi connectivity index (χ0) is 12.1. The smallest absolute Gasteiger partial charge is 0.121 e. The molecular formula is C15H25NO. The molecule has 2 rings (SSSR count). The van der Waals surface area contributed by atoms with E-state index in [0.29, 0.717) is 6.04 Å². The Balaban J connectivity index is 2.07. The highest BCUT2D eigenvalue weighted by Crippen LogP contribution is 2.36. The minimum atomic E-state index is 0.442. The predicted octanol–water partition coefficient (Wildman–Crippen LogP) is 4.07. The Hall–Kier alpha value is -0.760. The summed E-state index contributed by atoms with van der Waals surface area (Å²) in [4.78, 5) is 0. The maximum Gasteiger partial charge on any atom is 0.121 e. The van der Waals surface area contributed by atoms with Gasteiger partial charge in [-0.15, -0.1) is 0 Å². The summed E-state index contributed by atoms with van der Waals surface area (Å²) >= 11 is 0. The first kappa shape index (κ1) is 12.7. The fourth-order valence-corrected chi connectivity index (χ4v) is 2.84. The van der Waals surface area contributed by atoms with E-state index in [1.165, 1.54) is 32.1 Å². The van der Waals surface area contributed by atoms with Gasteiger partial charge in [-0.3, -0.25) is 0 Å². The molecule has 1 unspecified atom stereocenters. The number of aryl methyl sites for hydroxylation is 1. The van der Waals surface area contributed by atoms with Crippen molar-refractivity contribution in [1.82, 2.24) is 5.32 Å². The van der Waals surface area contributed by atoms with E-state index in [1.807, 2.05) is 0 Å². The highest BCUT2D eigenvalue weighted by Gasteiger charge is 2.27. The van der Waals surface area contributed by atoms with Crippen molar-refractivity contribution in [1.29, 1.82) is 0 Å². The molecule has 0 amide bonds. The molecule has 1 saturated carbocycles. The van der Waals surface area contributed by atoms with Gasteiger partial charge < -0.3 is 9.73 Å². The first-order valence-electron chi connectivity index (χ1n) is 7.17. The molecule has 1 fully saturated rings. The molecular weight excluding hydrogens is 210 g/mol. The molecule has 17 heavy (non-hydrogen) atoms. The summed E-state index contributed by atoms with van der Waals surface area (Å²) < 4.78 is 5.94. The lowest BCUT2D eigenvalue weighted by Gasteiger charge is -2.22. The average molecular weight is 235 g/mol. The Morgan fingerprint density at radius 2 is 2.06 bits per heavy atom. The second-order valence-corrected chi connectivity index (χ2v) is 5.13. The van der Waals surface area contributed by atoms with Crippen LogP contribution >= 0.6 is 0 Å². The van der Waals surface area contributed by atoms with Gasteiger partial charge in [0.25, 0.3) is 0 Å². The first-order chi connectivity index (χ1) is 8.35. The van der Waals surface area contributed by atoms with E-state index >= 15 is 0 Å². The Labute approximate surface area is 105 Å². The molecule has 0 radical (unpaired) electrons. The van der Waals surface area contributed by atoms with Crippen molar-refractivity contribution in [2.24, 2.45) is 5.92 Å². The zero-order valence-electron chi connectivity index (χ0n) is 11.2. The molecule has 2 nitrogen and oxygen atoms in total. The molecule has 0 saturated heterocycles. The maximum atomic E-state index is 5.94. The molecule has 1 aliphatic carbocycles. The van der Waals surface area contributed by atoms with Crippen molar-refractivity contribution in [3.63, 3.8) is 0 Å². The van der Waals surface area contributed by atoms with Crippen LogP contribution < -0.4 is 5.32 Å². The minimum absolute atomic E-state index is 0.442. The summed E-state index contributed by atoms with van der Waals surface area (Å²) in [6.45, 7) is 5.45. The number of hydrogen-bond donors (Lipinski definition) is 1. The largest absolute Gasteiger partial charge is 0.464 e. The van der Waals surface area contributed by atoms with Gasteiger partial charge in [0, 0.05) is 6.42 Å². The average Bonchev–Trinajstić information content (AvgIpc) is 3.00. The van der Waals surface area contributed by atoms with Gasteiger partial charge in [-0.25, -0.2) is 0 Å².